The third kappa shape index (κ3) is 4.31. The fourth-order valence-corrected chi connectivity index (χ4v) is 2.91. The highest BCUT2D eigenvalue weighted by Crippen LogP contribution is 2.29. The topological polar surface area (TPSA) is 77.0 Å². The van der Waals surface area contributed by atoms with E-state index >= 15 is 0 Å². The second kappa shape index (κ2) is 7.74. The molecule has 1 N–H and O–H groups in total. The molecule has 0 aliphatic carbocycles. The van der Waals surface area contributed by atoms with Gasteiger partial charge in [0.05, 0.1) is 35.4 Å². The first kappa shape index (κ1) is 18.4. The molecule has 0 spiro atoms. The molecule has 0 aromatic heterocycles. The largest absolute Gasteiger partial charge is 0.493 e. The van der Waals surface area contributed by atoms with Gasteiger partial charge < -0.3 is 9.47 Å². The van der Waals surface area contributed by atoms with Crippen molar-refractivity contribution in [2.75, 3.05) is 14.2 Å². The average Bonchev–Trinajstić information content (AvgIpc) is 2.57. The predicted molar refractivity (Wildman–Crippen MR) is 93.9 cm³/mol. The van der Waals surface area contributed by atoms with Crippen LogP contribution in [0.1, 0.15) is 5.56 Å². The molecule has 0 unspecified atom stereocenters. The number of rotatable bonds is 6. The van der Waals surface area contributed by atoms with Gasteiger partial charge in [-0.2, -0.15) is 13.5 Å². The molecular formula is C15H14Cl2N2O4S. The van der Waals surface area contributed by atoms with Crippen LogP contribution in [0.5, 0.6) is 11.5 Å². The molecule has 2 aromatic rings. The molecule has 0 fully saturated rings. The van der Waals surface area contributed by atoms with E-state index in [9.17, 15) is 8.42 Å². The van der Waals surface area contributed by atoms with Crippen molar-refractivity contribution in [3.63, 3.8) is 0 Å². The van der Waals surface area contributed by atoms with Gasteiger partial charge in [-0.15, -0.1) is 0 Å². The van der Waals surface area contributed by atoms with Gasteiger partial charge in [0.25, 0.3) is 10.0 Å². The Labute approximate surface area is 150 Å². The second-order valence-corrected chi connectivity index (χ2v) is 7.02. The highest BCUT2D eigenvalue weighted by molar-refractivity contribution is 7.89. The number of nitrogens with one attached hydrogen (secondary N) is 1. The Morgan fingerprint density at radius 3 is 2.33 bits per heavy atom. The summed E-state index contributed by atoms with van der Waals surface area (Å²) in [5, 5.41) is 4.47. The Kier molecular flexibility index (Phi) is 5.93. The fourth-order valence-electron chi connectivity index (χ4n) is 1.80. The molecule has 2 rings (SSSR count). The van der Waals surface area contributed by atoms with Crippen molar-refractivity contribution in [1.82, 2.24) is 4.83 Å². The van der Waals surface area contributed by atoms with Gasteiger partial charge in [-0.1, -0.05) is 29.3 Å². The first-order valence-electron chi connectivity index (χ1n) is 6.59. The van der Waals surface area contributed by atoms with Crippen molar-refractivity contribution < 1.29 is 17.9 Å². The summed E-state index contributed by atoms with van der Waals surface area (Å²) in [4.78, 5) is 2.11. The maximum atomic E-state index is 12.2. The van der Waals surface area contributed by atoms with Crippen LogP contribution in [0.25, 0.3) is 0 Å². The van der Waals surface area contributed by atoms with Crippen LogP contribution in [0.3, 0.4) is 0 Å². The number of hydrogen-bond donors (Lipinski definition) is 1. The van der Waals surface area contributed by atoms with Crippen molar-refractivity contribution >= 4 is 39.4 Å². The van der Waals surface area contributed by atoms with Crippen LogP contribution in [-0.2, 0) is 10.0 Å². The van der Waals surface area contributed by atoms with Crippen molar-refractivity contribution in [3.8, 4) is 11.5 Å². The molecule has 0 radical (unpaired) electrons. The molecule has 128 valence electrons. The van der Waals surface area contributed by atoms with E-state index in [1.807, 2.05) is 0 Å². The van der Waals surface area contributed by atoms with Crippen molar-refractivity contribution in [2.24, 2.45) is 5.10 Å². The summed E-state index contributed by atoms with van der Waals surface area (Å²) in [7, 11) is -0.964. The lowest BCUT2D eigenvalue weighted by molar-refractivity contribution is 0.354. The summed E-state index contributed by atoms with van der Waals surface area (Å²) >= 11 is 11.7. The zero-order valence-corrected chi connectivity index (χ0v) is 15.1. The minimum absolute atomic E-state index is 0.00793. The normalized spacial score (nSPS) is 11.5. The van der Waals surface area contributed by atoms with Gasteiger partial charge in [0.1, 0.15) is 0 Å². The van der Waals surface area contributed by atoms with E-state index in [4.69, 9.17) is 32.7 Å². The summed E-state index contributed by atoms with van der Waals surface area (Å²) in [5.74, 6) is 0.726. The Hall–Kier alpha value is -1.96. The van der Waals surface area contributed by atoms with E-state index in [0.29, 0.717) is 27.1 Å². The van der Waals surface area contributed by atoms with Crippen LogP contribution in [-0.4, -0.2) is 28.9 Å². The Morgan fingerprint density at radius 1 is 1.00 bits per heavy atom. The lowest BCUT2D eigenvalue weighted by atomic mass is 10.2. The summed E-state index contributed by atoms with van der Waals surface area (Å²) < 4.78 is 34.6. The minimum Gasteiger partial charge on any atom is -0.493 e. The van der Waals surface area contributed by atoms with Crippen molar-refractivity contribution in [2.45, 2.75) is 4.90 Å². The van der Waals surface area contributed by atoms with Crippen LogP contribution >= 0.6 is 23.2 Å². The van der Waals surface area contributed by atoms with Crippen LogP contribution in [0, 0.1) is 0 Å². The quantitative estimate of drug-likeness (QED) is 0.608. The number of hydrazone groups is 1. The predicted octanol–water partition coefficient (Wildman–Crippen LogP) is 3.32. The number of methoxy groups -OCH3 is 2. The molecule has 2 aromatic carbocycles. The van der Waals surface area contributed by atoms with Gasteiger partial charge in [-0.3, -0.25) is 0 Å². The van der Waals surface area contributed by atoms with E-state index in [0.717, 1.165) is 0 Å². The van der Waals surface area contributed by atoms with Gasteiger partial charge in [-0.25, -0.2) is 4.83 Å². The third-order valence-electron chi connectivity index (χ3n) is 3.00. The van der Waals surface area contributed by atoms with E-state index < -0.39 is 10.0 Å². The highest BCUT2D eigenvalue weighted by Gasteiger charge is 2.16. The van der Waals surface area contributed by atoms with Crippen molar-refractivity contribution in [1.29, 1.82) is 0 Å². The zero-order chi connectivity index (χ0) is 17.7. The Morgan fingerprint density at radius 2 is 1.71 bits per heavy atom. The zero-order valence-electron chi connectivity index (χ0n) is 12.8. The van der Waals surface area contributed by atoms with Gasteiger partial charge in [0, 0.05) is 6.07 Å². The second-order valence-electron chi connectivity index (χ2n) is 4.54. The summed E-state index contributed by atoms with van der Waals surface area (Å²) in [6.07, 6.45) is 1.32. The fraction of sp³-hybridized carbons (Fsp3) is 0.133. The van der Waals surface area contributed by atoms with Gasteiger partial charge in [0.2, 0.25) is 0 Å². The monoisotopic (exact) mass is 388 g/mol. The number of nitrogens with zero attached hydrogens (tertiary/aromatic N) is 1. The van der Waals surface area contributed by atoms with Crippen LogP contribution in [0.4, 0.5) is 0 Å². The lowest BCUT2D eigenvalue weighted by Gasteiger charge is -2.09. The molecule has 0 bridgehead atoms. The van der Waals surface area contributed by atoms with E-state index in [1.54, 1.807) is 18.2 Å². The Balaban J connectivity index is 2.19. The summed E-state index contributed by atoms with van der Waals surface area (Å²) in [5.41, 5.74) is 0.597. The van der Waals surface area contributed by atoms with Gasteiger partial charge in [0.15, 0.2) is 11.5 Å². The standard InChI is InChI=1S/C15H14Cl2N2O4S/c1-22-14-6-4-11(8-15(14)23-2)24(20,21)19-18-9-10-3-5-12(16)13(17)7-10/h3-9,19H,1-2H3/b18-9+. The number of halogens is 2. The molecule has 9 heteroatoms. The molecule has 0 saturated heterocycles. The molecule has 6 nitrogen and oxygen atoms in total. The Bertz CT molecular complexity index is 870. The van der Waals surface area contributed by atoms with E-state index in [2.05, 4.69) is 9.93 Å². The van der Waals surface area contributed by atoms with Crippen LogP contribution in [0.15, 0.2) is 46.4 Å². The van der Waals surface area contributed by atoms with Crippen LogP contribution in [0.2, 0.25) is 10.0 Å². The molecule has 0 aliphatic heterocycles. The maximum Gasteiger partial charge on any atom is 0.276 e. The highest BCUT2D eigenvalue weighted by atomic mass is 35.5. The smallest absolute Gasteiger partial charge is 0.276 e. The molecular weight excluding hydrogens is 375 g/mol. The summed E-state index contributed by atoms with van der Waals surface area (Å²) in [6.45, 7) is 0. The first-order chi connectivity index (χ1) is 11.4. The molecule has 24 heavy (non-hydrogen) atoms. The van der Waals surface area contributed by atoms with E-state index in [1.165, 1.54) is 38.6 Å². The molecule has 0 atom stereocenters. The summed E-state index contributed by atoms with van der Waals surface area (Å²) in [6, 6.07) is 9.04. The average molecular weight is 389 g/mol. The number of benzene rings is 2. The molecule has 0 heterocycles. The third-order valence-corrected chi connectivity index (χ3v) is 4.95. The minimum atomic E-state index is -3.85. The lowest BCUT2D eigenvalue weighted by Crippen LogP contribution is -2.18. The van der Waals surface area contributed by atoms with Gasteiger partial charge >= 0.3 is 0 Å². The number of sulfonamides is 1. The van der Waals surface area contributed by atoms with Gasteiger partial charge in [-0.05, 0) is 29.8 Å². The van der Waals surface area contributed by atoms with Crippen molar-refractivity contribution in [3.05, 3.63) is 52.0 Å². The molecule has 0 aliphatic rings. The first-order valence-corrected chi connectivity index (χ1v) is 8.83. The molecule has 0 amide bonds. The SMILES string of the molecule is COc1ccc(S(=O)(=O)N/N=C/c2ccc(Cl)c(Cl)c2)cc1OC. The molecule has 0 saturated carbocycles. The number of ether oxygens (including phenoxy) is 2. The van der Waals surface area contributed by atoms with E-state index in [-0.39, 0.29) is 4.90 Å². The number of hydrogen-bond acceptors (Lipinski definition) is 5. The van der Waals surface area contributed by atoms with Crippen LogP contribution < -0.4 is 14.3 Å². The maximum absolute atomic E-state index is 12.2.